The Hall–Kier alpha value is -0.693. The zero-order chi connectivity index (χ0) is 17.4. The van der Waals surface area contributed by atoms with Crippen LogP contribution in [-0.2, 0) is 18.7 Å². The number of nitrogens with zero attached hydrogens (tertiary/aromatic N) is 1. The maximum atomic E-state index is 11.9. The number of carbonyl (C=O) groups excluding carboxylic acids is 1. The van der Waals surface area contributed by atoms with E-state index in [2.05, 4.69) is 32.3 Å². The van der Waals surface area contributed by atoms with E-state index in [1.54, 1.807) is 0 Å². The molecule has 0 spiro atoms. The second kappa shape index (κ2) is 6.90. The van der Waals surface area contributed by atoms with Gasteiger partial charge in [-0.3, -0.25) is 9.69 Å². The van der Waals surface area contributed by atoms with Gasteiger partial charge in [0.15, 0.2) is 8.32 Å². The molecular weight excluding hydrogens is 322 g/mol. The van der Waals surface area contributed by atoms with Crippen LogP contribution in [0.1, 0.15) is 40.0 Å². The molecule has 5 nitrogen and oxygen atoms in total. The van der Waals surface area contributed by atoms with Crippen molar-refractivity contribution in [2.24, 2.45) is 0 Å². The fourth-order valence-corrected chi connectivity index (χ4v) is 7.66. The van der Waals surface area contributed by atoms with Crippen LogP contribution in [0.4, 0.5) is 0 Å². The fourth-order valence-electron chi connectivity index (χ4n) is 4.78. The lowest BCUT2D eigenvalue weighted by molar-refractivity contribution is -0.216. The minimum atomic E-state index is -1.62. The molecule has 3 saturated heterocycles. The standard InChI is InChI=1S/C18H31NO4Si/c1-5-9-18-11-16(20)22-17(18)21-13-14-10-15(12-19(14)18)23-24(6-2,7-3)8-4/h5,14-15,17H,1,6-13H2,2-4H3/t14-,15+,17-,18+/m0/s1. The van der Waals surface area contributed by atoms with Gasteiger partial charge in [0.2, 0.25) is 6.29 Å². The molecule has 0 saturated carbocycles. The van der Waals surface area contributed by atoms with Gasteiger partial charge in [0.25, 0.3) is 0 Å². The predicted octanol–water partition coefficient (Wildman–Crippen LogP) is 3.07. The van der Waals surface area contributed by atoms with Crippen LogP contribution >= 0.6 is 0 Å². The zero-order valence-electron chi connectivity index (χ0n) is 15.3. The largest absolute Gasteiger partial charge is 0.434 e. The first-order chi connectivity index (χ1) is 11.5. The van der Waals surface area contributed by atoms with Gasteiger partial charge < -0.3 is 13.9 Å². The number of hydrogen-bond donors (Lipinski definition) is 0. The Morgan fingerprint density at radius 3 is 2.71 bits per heavy atom. The van der Waals surface area contributed by atoms with Crippen LogP contribution < -0.4 is 0 Å². The van der Waals surface area contributed by atoms with Gasteiger partial charge in [-0.15, -0.1) is 6.58 Å². The summed E-state index contributed by atoms with van der Waals surface area (Å²) in [6, 6.07) is 3.82. The topological polar surface area (TPSA) is 48.0 Å². The molecule has 0 amide bonds. The predicted molar refractivity (Wildman–Crippen MR) is 95.2 cm³/mol. The van der Waals surface area contributed by atoms with E-state index < -0.39 is 14.6 Å². The first-order valence-corrected chi connectivity index (χ1v) is 11.9. The van der Waals surface area contributed by atoms with Crippen molar-refractivity contribution in [2.45, 2.75) is 82.1 Å². The number of carbonyl (C=O) groups is 1. The van der Waals surface area contributed by atoms with Crippen molar-refractivity contribution >= 4 is 14.3 Å². The Balaban J connectivity index is 1.78. The lowest BCUT2D eigenvalue weighted by Gasteiger charge is -2.47. The van der Waals surface area contributed by atoms with Gasteiger partial charge >= 0.3 is 5.97 Å². The summed E-state index contributed by atoms with van der Waals surface area (Å²) in [6.07, 6.45) is 3.78. The molecule has 3 aliphatic rings. The maximum Gasteiger partial charge on any atom is 0.310 e. The van der Waals surface area contributed by atoms with E-state index in [0.29, 0.717) is 25.5 Å². The lowest BCUT2D eigenvalue weighted by Crippen LogP contribution is -2.62. The second-order valence-corrected chi connectivity index (χ2v) is 12.2. The third-order valence-corrected chi connectivity index (χ3v) is 11.1. The van der Waals surface area contributed by atoms with Crippen LogP contribution in [0.2, 0.25) is 18.1 Å². The van der Waals surface area contributed by atoms with Gasteiger partial charge in [0.1, 0.15) is 0 Å². The third kappa shape index (κ3) is 2.87. The first-order valence-electron chi connectivity index (χ1n) is 9.39. The summed E-state index contributed by atoms with van der Waals surface area (Å²) in [7, 11) is -1.62. The van der Waals surface area contributed by atoms with Crippen LogP contribution in [0.5, 0.6) is 0 Å². The monoisotopic (exact) mass is 353 g/mol. The normalized spacial score (nSPS) is 36.3. The highest BCUT2D eigenvalue weighted by Gasteiger charge is 2.60. The summed E-state index contributed by atoms with van der Waals surface area (Å²) in [5.41, 5.74) is -0.380. The highest BCUT2D eigenvalue weighted by molar-refractivity contribution is 6.73. The quantitative estimate of drug-likeness (QED) is 0.400. The molecule has 3 rings (SSSR count). The molecule has 3 fully saturated rings. The maximum absolute atomic E-state index is 11.9. The minimum absolute atomic E-state index is 0.161. The Morgan fingerprint density at radius 2 is 2.08 bits per heavy atom. The van der Waals surface area contributed by atoms with Crippen molar-refractivity contribution in [3.05, 3.63) is 12.7 Å². The molecule has 136 valence electrons. The van der Waals surface area contributed by atoms with E-state index >= 15 is 0 Å². The van der Waals surface area contributed by atoms with Crippen LogP contribution in [0, 0.1) is 0 Å². The van der Waals surface area contributed by atoms with E-state index in [4.69, 9.17) is 13.9 Å². The summed E-state index contributed by atoms with van der Waals surface area (Å²) in [5.74, 6) is -0.161. The average Bonchev–Trinajstić information content (AvgIpc) is 3.13. The minimum Gasteiger partial charge on any atom is -0.434 e. The summed E-state index contributed by atoms with van der Waals surface area (Å²) in [5, 5.41) is 0. The molecule has 0 aliphatic carbocycles. The van der Waals surface area contributed by atoms with Gasteiger partial charge in [-0.05, 0) is 31.0 Å². The number of rotatable bonds is 7. The van der Waals surface area contributed by atoms with Crippen molar-refractivity contribution in [1.82, 2.24) is 4.90 Å². The van der Waals surface area contributed by atoms with E-state index in [9.17, 15) is 4.79 Å². The van der Waals surface area contributed by atoms with Gasteiger partial charge in [-0.2, -0.15) is 0 Å². The highest BCUT2D eigenvalue weighted by Crippen LogP contribution is 2.45. The first kappa shape index (κ1) is 18.1. The Kier molecular flexibility index (Phi) is 5.21. The van der Waals surface area contributed by atoms with E-state index in [1.807, 2.05) is 6.08 Å². The SMILES string of the molecule is C=CC[C@@]12CC(=O)O[C@@H]1OC[C@@H]1C[C@@H](O[Si](CC)(CC)CC)CN12. The van der Waals surface area contributed by atoms with Crippen molar-refractivity contribution in [3.8, 4) is 0 Å². The van der Waals surface area contributed by atoms with Crippen LogP contribution in [0.15, 0.2) is 12.7 Å². The Bertz CT molecular complexity index is 487. The van der Waals surface area contributed by atoms with Crippen LogP contribution in [0.3, 0.4) is 0 Å². The average molecular weight is 354 g/mol. The molecule has 0 aromatic rings. The number of fused-ring (bicyclic) bond motifs is 3. The summed E-state index contributed by atoms with van der Waals surface area (Å²) in [6.45, 7) is 12.2. The van der Waals surface area contributed by atoms with Gasteiger partial charge in [-0.25, -0.2) is 0 Å². The van der Waals surface area contributed by atoms with Crippen molar-refractivity contribution in [3.63, 3.8) is 0 Å². The highest BCUT2D eigenvalue weighted by atomic mass is 28.4. The van der Waals surface area contributed by atoms with Gasteiger partial charge in [0.05, 0.1) is 24.7 Å². The summed E-state index contributed by atoms with van der Waals surface area (Å²) in [4.78, 5) is 14.4. The molecule has 24 heavy (non-hydrogen) atoms. The summed E-state index contributed by atoms with van der Waals surface area (Å²) < 4.78 is 18.1. The number of hydrogen-bond acceptors (Lipinski definition) is 5. The molecule has 0 unspecified atom stereocenters. The molecule has 3 aliphatic heterocycles. The smallest absolute Gasteiger partial charge is 0.310 e. The van der Waals surface area contributed by atoms with Crippen molar-refractivity contribution < 1.29 is 18.7 Å². The van der Waals surface area contributed by atoms with Crippen LogP contribution in [0.25, 0.3) is 0 Å². The molecule has 4 atom stereocenters. The number of morpholine rings is 1. The molecule has 0 aromatic carbocycles. The molecule has 0 bridgehead atoms. The Morgan fingerprint density at radius 1 is 1.38 bits per heavy atom. The lowest BCUT2D eigenvalue weighted by atomic mass is 9.88. The van der Waals surface area contributed by atoms with Gasteiger partial charge in [0, 0.05) is 12.6 Å². The molecule has 0 N–H and O–H groups in total. The van der Waals surface area contributed by atoms with E-state index in [1.165, 1.54) is 18.1 Å². The summed E-state index contributed by atoms with van der Waals surface area (Å²) >= 11 is 0. The molecule has 6 heteroatoms. The van der Waals surface area contributed by atoms with Crippen molar-refractivity contribution in [1.29, 1.82) is 0 Å². The fraction of sp³-hybridized carbons (Fsp3) is 0.833. The number of esters is 1. The van der Waals surface area contributed by atoms with Crippen LogP contribution in [-0.4, -0.2) is 56.3 Å². The van der Waals surface area contributed by atoms with Gasteiger partial charge in [-0.1, -0.05) is 26.8 Å². The van der Waals surface area contributed by atoms with Crippen molar-refractivity contribution in [2.75, 3.05) is 13.2 Å². The zero-order valence-corrected chi connectivity index (χ0v) is 16.3. The molecule has 3 heterocycles. The molecule has 0 radical (unpaired) electrons. The van der Waals surface area contributed by atoms with E-state index in [-0.39, 0.29) is 17.6 Å². The molecular formula is C18H31NO4Si. The second-order valence-electron chi connectivity index (χ2n) is 7.45. The molecule has 0 aromatic heterocycles. The Labute approximate surface area is 146 Å². The van der Waals surface area contributed by atoms with E-state index in [0.717, 1.165) is 13.0 Å². The number of ether oxygens (including phenoxy) is 2. The third-order valence-electron chi connectivity index (χ3n) is 6.36.